The number of hydrogen-bond donors (Lipinski definition) is 3. The Bertz CT molecular complexity index is 507. The van der Waals surface area contributed by atoms with Crippen molar-refractivity contribution in [3.8, 4) is 0 Å². The Labute approximate surface area is 149 Å². The summed E-state index contributed by atoms with van der Waals surface area (Å²) in [6.07, 6.45) is 5.43. The number of likely N-dealkylation sites (N-methyl/N-ethyl adjacent to an activating group) is 1. The molecule has 2 aliphatic carbocycles. The van der Waals surface area contributed by atoms with Crippen LogP contribution in [0.5, 0.6) is 0 Å². The molecule has 2 saturated carbocycles. The van der Waals surface area contributed by atoms with Crippen LogP contribution < -0.4 is 5.32 Å². The molecule has 1 saturated heterocycles. The largest absolute Gasteiger partial charge is 0.389 e. The summed E-state index contributed by atoms with van der Waals surface area (Å²) in [7, 11) is 1.73. The van der Waals surface area contributed by atoms with Crippen molar-refractivity contribution in [3.05, 3.63) is 0 Å². The van der Waals surface area contributed by atoms with Crippen LogP contribution in [0.2, 0.25) is 0 Å². The quantitative estimate of drug-likeness (QED) is 0.654. The molecule has 3 rings (SSSR count). The molecule has 2 amide bonds. The number of hydrogen-bond acceptors (Lipinski definition) is 5. The van der Waals surface area contributed by atoms with Crippen LogP contribution >= 0.6 is 0 Å². The van der Waals surface area contributed by atoms with Gasteiger partial charge in [-0.3, -0.25) is 14.5 Å². The summed E-state index contributed by atoms with van der Waals surface area (Å²) in [5.41, 5.74) is -0.877. The van der Waals surface area contributed by atoms with Crippen molar-refractivity contribution >= 4 is 11.8 Å². The lowest BCUT2D eigenvalue weighted by atomic mass is 9.82. The van der Waals surface area contributed by atoms with E-state index in [1.54, 1.807) is 11.9 Å². The molecule has 0 aromatic heterocycles. The zero-order valence-corrected chi connectivity index (χ0v) is 15.1. The van der Waals surface area contributed by atoms with E-state index < -0.39 is 11.7 Å². The van der Waals surface area contributed by atoms with E-state index >= 15 is 0 Å². The molecule has 3 fully saturated rings. The second-order valence-electron chi connectivity index (χ2n) is 7.99. The van der Waals surface area contributed by atoms with Crippen LogP contribution in [-0.2, 0) is 9.59 Å². The van der Waals surface area contributed by atoms with Crippen molar-refractivity contribution in [2.45, 2.75) is 75.2 Å². The third kappa shape index (κ3) is 4.15. The van der Waals surface area contributed by atoms with Crippen molar-refractivity contribution in [1.82, 2.24) is 15.1 Å². The van der Waals surface area contributed by atoms with Crippen LogP contribution in [0.4, 0.5) is 0 Å². The lowest BCUT2D eigenvalue weighted by Gasteiger charge is -2.37. The topological polar surface area (TPSA) is 93.1 Å². The minimum Gasteiger partial charge on any atom is -0.389 e. The minimum absolute atomic E-state index is 0.00847. The fourth-order valence-corrected chi connectivity index (χ4v) is 4.68. The molecule has 1 aliphatic heterocycles. The summed E-state index contributed by atoms with van der Waals surface area (Å²) in [5.74, 6) is -0.101. The Balaban J connectivity index is 1.57. The number of rotatable bonds is 4. The first-order chi connectivity index (χ1) is 11.9. The third-order valence-electron chi connectivity index (χ3n) is 6.24. The highest BCUT2D eigenvalue weighted by Gasteiger charge is 2.43. The summed E-state index contributed by atoms with van der Waals surface area (Å²) in [4.78, 5) is 27.9. The zero-order valence-electron chi connectivity index (χ0n) is 15.1. The van der Waals surface area contributed by atoms with Crippen LogP contribution in [0.3, 0.4) is 0 Å². The SMILES string of the molecule is CN(C(=O)CC1(O)CCCCC1)[C@@H]1CC[C@@H](N2CCNC(=O)C2)[C@@H]1O. The van der Waals surface area contributed by atoms with Crippen LogP contribution in [0, 0.1) is 0 Å². The van der Waals surface area contributed by atoms with Crippen LogP contribution in [-0.4, -0.2) is 82.3 Å². The van der Waals surface area contributed by atoms with E-state index in [4.69, 9.17) is 0 Å². The van der Waals surface area contributed by atoms with Crippen molar-refractivity contribution in [2.24, 2.45) is 0 Å². The minimum atomic E-state index is -0.877. The number of aliphatic hydroxyl groups is 2. The van der Waals surface area contributed by atoms with E-state index in [0.29, 0.717) is 25.9 Å². The predicted molar refractivity (Wildman–Crippen MR) is 92.8 cm³/mol. The standard InChI is InChI=1S/C18H31N3O4/c1-20(16(23)11-18(25)7-3-2-4-8-18)13-5-6-14(17(13)24)21-10-9-19-15(22)12-21/h13-14,17,24-25H,2-12H2,1H3,(H,19,22)/t13-,14-,17-/m1/s1. The molecule has 0 bridgehead atoms. The number of carbonyl (C=O) groups is 2. The van der Waals surface area contributed by atoms with Gasteiger partial charge in [0.15, 0.2) is 0 Å². The Kier molecular flexibility index (Phi) is 5.65. The summed E-state index contributed by atoms with van der Waals surface area (Å²) < 4.78 is 0. The molecule has 7 nitrogen and oxygen atoms in total. The average Bonchev–Trinajstić information content (AvgIpc) is 2.96. The number of nitrogens with one attached hydrogen (secondary N) is 1. The zero-order chi connectivity index (χ0) is 18.0. The summed E-state index contributed by atoms with van der Waals surface area (Å²) in [5, 5.41) is 24.2. The fraction of sp³-hybridized carbons (Fsp3) is 0.889. The van der Waals surface area contributed by atoms with Gasteiger partial charge in [0.05, 0.1) is 30.7 Å². The van der Waals surface area contributed by atoms with Gasteiger partial charge in [-0.1, -0.05) is 19.3 Å². The molecule has 0 unspecified atom stereocenters. The number of aliphatic hydroxyl groups excluding tert-OH is 1. The van der Waals surface area contributed by atoms with Gasteiger partial charge >= 0.3 is 0 Å². The normalized spacial score (nSPS) is 33.1. The van der Waals surface area contributed by atoms with E-state index in [2.05, 4.69) is 5.32 Å². The Morgan fingerprint density at radius 3 is 2.72 bits per heavy atom. The number of amides is 2. The lowest BCUT2D eigenvalue weighted by Crippen LogP contribution is -2.56. The van der Waals surface area contributed by atoms with E-state index in [0.717, 1.165) is 38.6 Å². The highest BCUT2D eigenvalue weighted by molar-refractivity contribution is 5.79. The van der Waals surface area contributed by atoms with Crippen molar-refractivity contribution in [3.63, 3.8) is 0 Å². The number of carbonyl (C=O) groups excluding carboxylic acids is 2. The molecule has 1 heterocycles. The van der Waals surface area contributed by atoms with Gasteiger partial charge in [0, 0.05) is 26.2 Å². The smallest absolute Gasteiger partial charge is 0.234 e. The molecule has 3 atom stereocenters. The maximum Gasteiger partial charge on any atom is 0.234 e. The van der Waals surface area contributed by atoms with Gasteiger partial charge in [0.1, 0.15) is 0 Å². The van der Waals surface area contributed by atoms with Crippen molar-refractivity contribution < 1.29 is 19.8 Å². The van der Waals surface area contributed by atoms with Gasteiger partial charge in [-0.25, -0.2) is 0 Å². The molecule has 0 aromatic carbocycles. The first kappa shape index (κ1) is 18.6. The van der Waals surface area contributed by atoms with E-state index in [-0.39, 0.29) is 30.3 Å². The number of nitrogens with zero attached hydrogens (tertiary/aromatic N) is 2. The van der Waals surface area contributed by atoms with Crippen LogP contribution in [0.1, 0.15) is 51.4 Å². The number of piperazine rings is 1. The van der Waals surface area contributed by atoms with E-state index in [1.807, 2.05) is 4.90 Å². The summed E-state index contributed by atoms with van der Waals surface area (Å²) >= 11 is 0. The average molecular weight is 353 g/mol. The molecular weight excluding hydrogens is 322 g/mol. The van der Waals surface area contributed by atoms with Crippen molar-refractivity contribution in [1.29, 1.82) is 0 Å². The van der Waals surface area contributed by atoms with E-state index in [1.165, 1.54) is 0 Å². The second kappa shape index (κ2) is 7.60. The van der Waals surface area contributed by atoms with Crippen LogP contribution in [0.15, 0.2) is 0 Å². The third-order valence-corrected chi connectivity index (χ3v) is 6.24. The van der Waals surface area contributed by atoms with Crippen LogP contribution in [0.25, 0.3) is 0 Å². The Morgan fingerprint density at radius 1 is 1.32 bits per heavy atom. The van der Waals surface area contributed by atoms with Gasteiger partial charge in [-0.05, 0) is 25.7 Å². The lowest BCUT2D eigenvalue weighted by molar-refractivity contribution is -0.141. The highest BCUT2D eigenvalue weighted by atomic mass is 16.3. The Morgan fingerprint density at radius 2 is 2.04 bits per heavy atom. The maximum absolute atomic E-state index is 12.7. The summed E-state index contributed by atoms with van der Waals surface area (Å²) in [6.45, 7) is 1.65. The molecule has 25 heavy (non-hydrogen) atoms. The van der Waals surface area contributed by atoms with Crippen molar-refractivity contribution in [2.75, 3.05) is 26.7 Å². The van der Waals surface area contributed by atoms with Gasteiger partial charge in [0.2, 0.25) is 11.8 Å². The molecule has 3 N–H and O–H groups in total. The Hall–Kier alpha value is -1.18. The monoisotopic (exact) mass is 353 g/mol. The van der Waals surface area contributed by atoms with Gasteiger partial charge in [-0.15, -0.1) is 0 Å². The second-order valence-corrected chi connectivity index (χ2v) is 7.99. The highest BCUT2D eigenvalue weighted by Crippen LogP contribution is 2.33. The predicted octanol–water partition coefficient (Wildman–Crippen LogP) is -0.146. The molecule has 0 aromatic rings. The molecule has 3 aliphatic rings. The first-order valence-electron chi connectivity index (χ1n) is 9.56. The molecule has 0 radical (unpaired) electrons. The molecule has 142 valence electrons. The van der Waals surface area contributed by atoms with Gasteiger partial charge < -0.3 is 20.4 Å². The van der Waals surface area contributed by atoms with Gasteiger partial charge in [-0.2, -0.15) is 0 Å². The van der Waals surface area contributed by atoms with Gasteiger partial charge in [0.25, 0.3) is 0 Å². The maximum atomic E-state index is 12.7. The van der Waals surface area contributed by atoms with E-state index in [9.17, 15) is 19.8 Å². The molecule has 7 heteroatoms. The molecular formula is C18H31N3O4. The molecule has 0 spiro atoms. The fourth-order valence-electron chi connectivity index (χ4n) is 4.68. The summed E-state index contributed by atoms with van der Waals surface area (Å²) in [6, 6.07) is -0.321. The first-order valence-corrected chi connectivity index (χ1v) is 9.56.